The number of benzene rings is 2. The molecule has 3 aliphatic rings. The van der Waals surface area contributed by atoms with Gasteiger partial charge in [-0.3, -0.25) is 0 Å². The van der Waals surface area contributed by atoms with Gasteiger partial charge in [0.25, 0.3) is 0 Å². The number of hydrogen-bond acceptors (Lipinski definition) is 5. The number of hydrazone groups is 1. The fraction of sp³-hybridized carbons (Fsp3) is 0.400. The highest BCUT2D eigenvalue weighted by molar-refractivity contribution is 7.67. The Hall–Kier alpha value is -2.60. The van der Waals surface area contributed by atoms with E-state index in [4.69, 9.17) is 19.3 Å². The molecule has 1 atom stereocenters. The monoisotopic (exact) mass is 465 g/mol. The summed E-state index contributed by atoms with van der Waals surface area (Å²) in [4.78, 5) is 2.34. The lowest BCUT2D eigenvalue weighted by Gasteiger charge is -2.41. The van der Waals surface area contributed by atoms with Gasteiger partial charge in [0.1, 0.15) is 11.4 Å². The third-order valence-corrected chi connectivity index (χ3v) is 10.5. The molecular weight excluding hydrogens is 433 g/mol. The molecule has 8 heteroatoms. The molecule has 2 aromatic carbocycles. The maximum absolute atomic E-state index is 5.73. The molecule has 0 N–H and O–H groups in total. The van der Waals surface area contributed by atoms with E-state index in [1.54, 1.807) is 7.11 Å². The van der Waals surface area contributed by atoms with Gasteiger partial charge >= 0.3 is 0 Å². The summed E-state index contributed by atoms with van der Waals surface area (Å²) in [7, 11) is 3.49. The third-order valence-electron chi connectivity index (χ3n) is 6.90. The fourth-order valence-electron chi connectivity index (χ4n) is 5.31. The summed E-state index contributed by atoms with van der Waals surface area (Å²) in [5.74, 6) is 0.775. The Labute approximate surface area is 196 Å². The van der Waals surface area contributed by atoms with Gasteiger partial charge in [0, 0.05) is 44.0 Å². The maximum Gasteiger partial charge on any atom is 0.175 e. The quantitative estimate of drug-likeness (QED) is 0.579. The van der Waals surface area contributed by atoms with Crippen molar-refractivity contribution in [1.29, 1.82) is 0 Å². The van der Waals surface area contributed by atoms with Crippen molar-refractivity contribution in [2.45, 2.75) is 19.3 Å². The van der Waals surface area contributed by atoms with Crippen LogP contribution in [0.3, 0.4) is 0 Å². The second-order valence-corrected chi connectivity index (χ2v) is 12.0. The minimum atomic E-state index is -2.43. The van der Waals surface area contributed by atoms with E-state index in [0.717, 1.165) is 24.5 Å². The Bertz CT molecular complexity index is 1180. The molecule has 174 valence electrons. The van der Waals surface area contributed by atoms with Crippen molar-refractivity contribution in [1.82, 2.24) is 9.45 Å². The van der Waals surface area contributed by atoms with Gasteiger partial charge in [0.05, 0.1) is 31.9 Å². The van der Waals surface area contributed by atoms with Crippen molar-refractivity contribution in [3.8, 4) is 5.75 Å². The van der Waals surface area contributed by atoms with Crippen LogP contribution in [0.25, 0.3) is 0 Å². The van der Waals surface area contributed by atoms with Gasteiger partial charge < -0.3 is 14.4 Å². The van der Waals surface area contributed by atoms with E-state index < -0.39 is 7.36 Å². The number of morpholine rings is 1. The Balaban J connectivity index is 1.82. The van der Waals surface area contributed by atoms with Crippen LogP contribution in [0, 0.1) is 0 Å². The van der Waals surface area contributed by atoms with Crippen LogP contribution in [0.4, 0.5) is 11.4 Å². The molecule has 0 unspecified atom stereocenters. The molecule has 3 aliphatic heterocycles. The number of hydrogen-bond donors (Lipinski definition) is 0. The number of methoxy groups -OCH3 is 1. The van der Waals surface area contributed by atoms with Crippen molar-refractivity contribution in [2.75, 3.05) is 52.4 Å². The molecule has 33 heavy (non-hydrogen) atoms. The van der Waals surface area contributed by atoms with Crippen molar-refractivity contribution in [2.24, 2.45) is 9.85 Å². The number of nitrogens with zero attached hydrogens (tertiary/aromatic N) is 5. The zero-order chi connectivity index (χ0) is 23.2. The molecule has 0 amide bonds. The zero-order valence-corrected chi connectivity index (χ0v) is 20.9. The van der Waals surface area contributed by atoms with E-state index in [2.05, 4.69) is 66.6 Å². The SMILES string of the molecule is COc1ccccc1N=[P@@]1(N2CCOCC2)/C(=C2/N(C)c3ccccc3C2(C)C)C=NN1C. The number of fused-ring (bicyclic) bond motifs is 1. The molecule has 0 radical (unpaired) electrons. The molecule has 0 aromatic heterocycles. The lowest BCUT2D eigenvalue weighted by atomic mass is 9.84. The zero-order valence-electron chi connectivity index (χ0n) is 20.0. The van der Waals surface area contributed by atoms with E-state index in [0.29, 0.717) is 13.2 Å². The highest BCUT2D eigenvalue weighted by Crippen LogP contribution is 2.69. The number of rotatable bonds is 3. The van der Waals surface area contributed by atoms with Crippen LogP contribution in [0.1, 0.15) is 19.4 Å². The minimum Gasteiger partial charge on any atom is -0.494 e. The van der Waals surface area contributed by atoms with Crippen LogP contribution >= 0.6 is 7.36 Å². The highest BCUT2D eigenvalue weighted by atomic mass is 31.2. The predicted molar refractivity (Wildman–Crippen MR) is 136 cm³/mol. The lowest BCUT2D eigenvalue weighted by Crippen LogP contribution is -2.37. The summed E-state index contributed by atoms with van der Waals surface area (Å²) in [6.07, 6.45) is 2.04. The van der Waals surface area contributed by atoms with Crippen LogP contribution in [0.15, 0.2) is 69.4 Å². The van der Waals surface area contributed by atoms with Gasteiger partial charge in [-0.25, -0.2) is 14.2 Å². The molecule has 0 spiro atoms. The number of anilines is 1. The fourth-order valence-corrected chi connectivity index (χ4v) is 8.96. The van der Waals surface area contributed by atoms with Crippen molar-refractivity contribution in [3.63, 3.8) is 0 Å². The topological polar surface area (TPSA) is 52.9 Å². The maximum atomic E-state index is 5.73. The summed E-state index contributed by atoms with van der Waals surface area (Å²) >= 11 is 0. The van der Waals surface area contributed by atoms with E-state index in [1.165, 1.54) is 22.3 Å². The van der Waals surface area contributed by atoms with Gasteiger partial charge in [-0.05, 0) is 23.8 Å². The van der Waals surface area contributed by atoms with Crippen LogP contribution in [0.2, 0.25) is 0 Å². The third kappa shape index (κ3) is 3.33. The van der Waals surface area contributed by atoms with E-state index in [1.807, 2.05) is 30.5 Å². The standard InChI is InChI=1S/C25H32N5O2P/c1-25(2)19-10-6-8-12-21(19)28(3)24(25)23-18-26-29(4)33(23,30-14-16-32-17-15-30)27-20-11-7-9-13-22(20)31-5/h6-13,18H,14-17H2,1-5H3/b24-23+/t33-/m0/s1. The molecular formula is C25H32N5O2P. The second-order valence-electron chi connectivity index (χ2n) is 9.08. The van der Waals surface area contributed by atoms with Crippen LogP contribution in [-0.4, -0.2) is 63.2 Å². The smallest absolute Gasteiger partial charge is 0.175 e. The lowest BCUT2D eigenvalue weighted by molar-refractivity contribution is 0.0725. The van der Waals surface area contributed by atoms with E-state index in [9.17, 15) is 0 Å². The summed E-state index contributed by atoms with van der Waals surface area (Å²) in [5.41, 5.74) is 4.51. The first-order valence-electron chi connectivity index (χ1n) is 11.4. The highest BCUT2D eigenvalue weighted by Gasteiger charge is 2.48. The van der Waals surface area contributed by atoms with Crippen LogP contribution in [0.5, 0.6) is 5.75 Å². The van der Waals surface area contributed by atoms with Gasteiger partial charge in [-0.1, -0.05) is 44.2 Å². The van der Waals surface area contributed by atoms with Gasteiger partial charge in [0.2, 0.25) is 0 Å². The molecule has 7 nitrogen and oxygen atoms in total. The average Bonchev–Trinajstić information content (AvgIpc) is 3.25. The molecule has 0 saturated carbocycles. The van der Waals surface area contributed by atoms with Crippen molar-refractivity contribution >= 4 is 24.9 Å². The number of ether oxygens (including phenoxy) is 2. The summed E-state index contributed by atoms with van der Waals surface area (Å²) in [6.45, 7) is 7.63. The summed E-state index contributed by atoms with van der Waals surface area (Å²) in [5, 5.41) is 6.06. The molecule has 0 bridgehead atoms. The normalized spacial score (nSPS) is 26.6. The molecule has 0 aliphatic carbocycles. The number of likely N-dealkylation sites (N-methyl/N-ethyl adjacent to an activating group) is 1. The molecule has 5 rings (SSSR count). The van der Waals surface area contributed by atoms with E-state index >= 15 is 0 Å². The average molecular weight is 466 g/mol. The summed E-state index contributed by atoms with van der Waals surface area (Å²) in [6, 6.07) is 16.7. The molecule has 3 heterocycles. The molecule has 1 saturated heterocycles. The Morgan fingerprint density at radius 2 is 1.73 bits per heavy atom. The van der Waals surface area contributed by atoms with Gasteiger partial charge in [-0.2, -0.15) is 5.10 Å². The first-order chi connectivity index (χ1) is 15.9. The number of allylic oxidation sites excluding steroid dienone is 2. The Kier molecular flexibility index (Phi) is 5.60. The van der Waals surface area contributed by atoms with Crippen LogP contribution < -0.4 is 9.64 Å². The molecule has 2 aromatic rings. The molecule has 1 fully saturated rings. The predicted octanol–water partition coefficient (Wildman–Crippen LogP) is 5.26. The second kappa shape index (κ2) is 8.32. The largest absolute Gasteiger partial charge is 0.494 e. The summed E-state index contributed by atoms with van der Waals surface area (Å²) < 4.78 is 21.5. The van der Waals surface area contributed by atoms with Gasteiger partial charge in [0.15, 0.2) is 7.36 Å². The van der Waals surface area contributed by atoms with Crippen molar-refractivity contribution < 1.29 is 9.47 Å². The van der Waals surface area contributed by atoms with Crippen LogP contribution in [-0.2, 0) is 10.2 Å². The van der Waals surface area contributed by atoms with Gasteiger partial charge in [-0.15, -0.1) is 0 Å². The van der Waals surface area contributed by atoms with E-state index in [-0.39, 0.29) is 5.41 Å². The Morgan fingerprint density at radius 3 is 2.45 bits per heavy atom. The van der Waals surface area contributed by atoms with Crippen molar-refractivity contribution in [3.05, 3.63) is 65.1 Å². The number of para-hydroxylation sites is 2. The first kappa shape index (κ1) is 22.2. The minimum absolute atomic E-state index is 0.175. The first-order valence-corrected chi connectivity index (χ1v) is 13.0. The Morgan fingerprint density at radius 1 is 1.03 bits per heavy atom.